The Kier molecular flexibility index (Phi) is 7.40. The summed E-state index contributed by atoms with van der Waals surface area (Å²) in [5, 5.41) is 0. The molecule has 0 radical (unpaired) electrons. The molecule has 0 aliphatic carbocycles. The van der Waals surface area contributed by atoms with Gasteiger partial charge in [0.1, 0.15) is 0 Å². The van der Waals surface area contributed by atoms with E-state index in [-0.39, 0.29) is 0 Å². The van der Waals surface area contributed by atoms with Crippen molar-refractivity contribution in [2.75, 3.05) is 0 Å². The van der Waals surface area contributed by atoms with Crippen LogP contribution >= 0.6 is 15.9 Å². The highest BCUT2D eigenvalue weighted by Gasteiger charge is 1.82. The average molecular weight is 256 g/mol. The molecule has 0 aliphatic heterocycles. The minimum atomic E-state index is 0.507. The van der Waals surface area contributed by atoms with E-state index in [1.165, 1.54) is 0 Å². The zero-order valence-corrected chi connectivity index (χ0v) is 10.9. The summed E-state index contributed by atoms with van der Waals surface area (Å²) in [5.41, 5.74) is 1.15. The Morgan fingerprint density at radius 2 is 1.93 bits per heavy atom. The smallest absolute Gasteiger partial charge is 0.0293 e. The quantitative estimate of drug-likeness (QED) is 0.519. The Morgan fingerprint density at radius 3 is 2.43 bits per heavy atom. The van der Waals surface area contributed by atoms with Gasteiger partial charge in [-0.25, -0.2) is 0 Å². The van der Waals surface area contributed by atoms with Crippen LogP contribution in [0.5, 0.6) is 0 Å². The number of hydrogen-bond donors (Lipinski definition) is 0. The van der Waals surface area contributed by atoms with E-state index in [1.54, 1.807) is 0 Å². The summed E-state index contributed by atoms with van der Waals surface area (Å²) in [6.07, 6.45) is 9.84. The second-order valence-electron chi connectivity index (χ2n) is 3.53. The highest BCUT2D eigenvalue weighted by Crippen LogP contribution is 2.03. The third-order valence-corrected chi connectivity index (χ3v) is 1.61. The molecule has 0 bridgehead atoms. The van der Waals surface area contributed by atoms with Crippen LogP contribution in [-0.2, 0) is 0 Å². The van der Waals surface area contributed by atoms with Crippen molar-refractivity contribution in [2.45, 2.75) is 27.7 Å². The fourth-order valence-electron chi connectivity index (χ4n) is 0.708. The fourth-order valence-corrected chi connectivity index (χ4v) is 0.861. The summed E-state index contributed by atoms with van der Waals surface area (Å²) < 4.78 is 1.12. The first kappa shape index (κ1) is 13.4. The van der Waals surface area contributed by atoms with Crippen LogP contribution < -0.4 is 0 Å². The summed E-state index contributed by atoms with van der Waals surface area (Å²) in [6.45, 7) is 8.25. The molecule has 0 amide bonds. The van der Waals surface area contributed by atoms with Crippen molar-refractivity contribution in [1.29, 1.82) is 0 Å². The lowest BCUT2D eigenvalue weighted by Crippen LogP contribution is -1.84. The van der Waals surface area contributed by atoms with Crippen LogP contribution in [0.25, 0.3) is 0 Å². The molecule has 0 saturated carbocycles. The monoisotopic (exact) mass is 255 g/mol. The predicted molar refractivity (Wildman–Crippen MR) is 68.9 cm³/mol. The zero-order chi connectivity index (χ0) is 11.0. The van der Waals surface area contributed by atoms with Gasteiger partial charge in [-0.05, 0) is 29.8 Å². The Hall–Kier alpha value is -0.630. The summed E-state index contributed by atoms with van der Waals surface area (Å²) in [6, 6.07) is 0. The molecule has 78 valence electrons. The number of nitrogens with zero attached hydrogens (tertiary/aromatic N) is 1. The van der Waals surface area contributed by atoms with Crippen molar-refractivity contribution in [1.82, 2.24) is 0 Å². The molecule has 0 aromatic heterocycles. The predicted octanol–water partition coefficient (Wildman–Crippen LogP) is 4.47. The van der Waals surface area contributed by atoms with Crippen LogP contribution in [0.1, 0.15) is 27.7 Å². The average Bonchev–Trinajstić information content (AvgIpc) is 2.02. The largest absolute Gasteiger partial charge is 0.269 e. The molecule has 0 spiro atoms. The standard InChI is InChI=1S/C12H18BrN/c1-10(2)8-14-9-11(3)6-5-7-12(4)13/h5-10H,1-4H3/b6-5-,11-9+,12-7+,14-8-. The molecule has 2 heteroatoms. The van der Waals surface area contributed by atoms with Crippen LogP contribution in [0.2, 0.25) is 0 Å². The van der Waals surface area contributed by atoms with Crippen molar-refractivity contribution in [3.63, 3.8) is 0 Å². The van der Waals surface area contributed by atoms with Gasteiger partial charge in [-0.2, -0.15) is 0 Å². The lowest BCUT2D eigenvalue weighted by atomic mass is 10.2. The molecule has 0 rings (SSSR count). The van der Waals surface area contributed by atoms with E-state index >= 15 is 0 Å². The zero-order valence-electron chi connectivity index (χ0n) is 9.29. The van der Waals surface area contributed by atoms with E-state index in [1.807, 2.05) is 44.5 Å². The molecule has 14 heavy (non-hydrogen) atoms. The maximum Gasteiger partial charge on any atom is 0.0293 e. The van der Waals surface area contributed by atoms with Crippen molar-refractivity contribution >= 4 is 22.1 Å². The normalized spacial score (nSPS) is 15.0. The maximum atomic E-state index is 4.20. The molecular formula is C12H18BrN. The molecule has 0 aromatic carbocycles. The summed E-state index contributed by atoms with van der Waals surface area (Å²) >= 11 is 3.36. The second kappa shape index (κ2) is 7.74. The molecular weight excluding hydrogens is 238 g/mol. The van der Waals surface area contributed by atoms with E-state index < -0.39 is 0 Å². The number of rotatable bonds is 4. The maximum absolute atomic E-state index is 4.20. The number of hydrogen-bond acceptors (Lipinski definition) is 1. The lowest BCUT2D eigenvalue weighted by Gasteiger charge is -1.90. The van der Waals surface area contributed by atoms with Gasteiger partial charge in [-0.3, -0.25) is 4.99 Å². The van der Waals surface area contributed by atoms with Gasteiger partial charge >= 0.3 is 0 Å². The van der Waals surface area contributed by atoms with Crippen molar-refractivity contribution in [3.05, 3.63) is 34.5 Å². The Balaban J connectivity index is 4.14. The van der Waals surface area contributed by atoms with Gasteiger partial charge in [0.15, 0.2) is 0 Å². The van der Waals surface area contributed by atoms with Gasteiger partial charge in [-0.1, -0.05) is 48.0 Å². The van der Waals surface area contributed by atoms with E-state index in [0.29, 0.717) is 5.92 Å². The van der Waals surface area contributed by atoms with E-state index in [2.05, 4.69) is 34.8 Å². The van der Waals surface area contributed by atoms with Crippen LogP contribution in [-0.4, -0.2) is 6.21 Å². The first-order valence-electron chi connectivity index (χ1n) is 4.73. The molecule has 0 unspecified atom stereocenters. The number of allylic oxidation sites excluding steroid dienone is 5. The van der Waals surface area contributed by atoms with Gasteiger partial charge in [-0.15, -0.1) is 0 Å². The van der Waals surface area contributed by atoms with Gasteiger partial charge in [0, 0.05) is 12.4 Å². The van der Waals surface area contributed by atoms with Crippen LogP contribution in [0, 0.1) is 5.92 Å². The topological polar surface area (TPSA) is 12.4 Å². The molecule has 0 atom stereocenters. The lowest BCUT2D eigenvalue weighted by molar-refractivity contribution is 0.907. The van der Waals surface area contributed by atoms with Gasteiger partial charge in [0.05, 0.1) is 0 Å². The molecule has 0 aromatic rings. The van der Waals surface area contributed by atoms with Crippen LogP contribution in [0.3, 0.4) is 0 Å². The highest BCUT2D eigenvalue weighted by atomic mass is 79.9. The van der Waals surface area contributed by atoms with Gasteiger partial charge < -0.3 is 0 Å². The molecule has 1 nitrogen and oxygen atoms in total. The highest BCUT2D eigenvalue weighted by molar-refractivity contribution is 9.11. The third kappa shape index (κ3) is 9.46. The molecule has 0 heterocycles. The SMILES string of the molecule is C\C(Br)=C/C=C\C(C)=C\N=C/C(C)C. The van der Waals surface area contributed by atoms with Gasteiger partial charge in [0.25, 0.3) is 0 Å². The van der Waals surface area contributed by atoms with Crippen molar-refractivity contribution in [3.8, 4) is 0 Å². The minimum Gasteiger partial charge on any atom is -0.269 e. The van der Waals surface area contributed by atoms with Gasteiger partial charge in [0.2, 0.25) is 0 Å². The summed E-state index contributed by atoms with van der Waals surface area (Å²) in [4.78, 5) is 4.20. The van der Waals surface area contributed by atoms with Crippen LogP contribution in [0.4, 0.5) is 0 Å². The van der Waals surface area contributed by atoms with E-state index in [4.69, 9.17) is 0 Å². The van der Waals surface area contributed by atoms with E-state index in [0.717, 1.165) is 10.1 Å². The first-order valence-corrected chi connectivity index (χ1v) is 5.52. The Morgan fingerprint density at radius 1 is 1.29 bits per heavy atom. The molecule has 0 saturated heterocycles. The fraction of sp³-hybridized carbons (Fsp3) is 0.417. The summed E-state index contributed by atoms with van der Waals surface area (Å²) in [7, 11) is 0. The number of halogens is 1. The minimum absolute atomic E-state index is 0.507. The Labute approximate surface area is 95.4 Å². The third-order valence-electron chi connectivity index (χ3n) is 1.35. The number of aliphatic imine (C=N–C) groups is 1. The van der Waals surface area contributed by atoms with Crippen LogP contribution in [0.15, 0.2) is 39.5 Å². The second-order valence-corrected chi connectivity index (χ2v) is 4.78. The molecule has 0 N–H and O–H groups in total. The first-order chi connectivity index (χ1) is 6.52. The molecule has 0 aliphatic rings. The van der Waals surface area contributed by atoms with E-state index in [9.17, 15) is 0 Å². The van der Waals surface area contributed by atoms with Crippen molar-refractivity contribution in [2.24, 2.45) is 10.9 Å². The molecule has 0 fully saturated rings. The van der Waals surface area contributed by atoms with Crippen molar-refractivity contribution < 1.29 is 0 Å². The summed E-state index contributed by atoms with van der Waals surface area (Å²) in [5.74, 6) is 0.507. The Bertz CT molecular complexity index is 266.